The Bertz CT molecular complexity index is 845. The number of carboxylic acids is 1. The average Bonchev–Trinajstić information content (AvgIpc) is 2.70. The summed E-state index contributed by atoms with van der Waals surface area (Å²) < 4.78 is 10.9. The Morgan fingerprint density at radius 3 is 2.24 bits per heavy atom. The molecule has 2 aromatic rings. The van der Waals surface area contributed by atoms with E-state index in [0.29, 0.717) is 11.1 Å². The van der Waals surface area contributed by atoms with Crippen molar-refractivity contribution >= 4 is 17.6 Å². The Morgan fingerprint density at radius 1 is 1.03 bits per heavy atom. The topological polar surface area (TPSA) is 140 Å². The third-order valence-electron chi connectivity index (χ3n) is 4.48. The van der Waals surface area contributed by atoms with E-state index in [1.165, 1.54) is 12.1 Å². The molecule has 1 aliphatic heterocycles. The molecular weight excluding hydrogens is 415 g/mol. The minimum absolute atomic E-state index is 0. The van der Waals surface area contributed by atoms with Crippen LogP contribution in [0, 0.1) is 0 Å². The van der Waals surface area contributed by atoms with Gasteiger partial charge in [0.15, 0.2) is 0 Å². The Morgan fingerprint density at radius 2 is 1.66 bits per heavy atom. The number of aliphatic hydroxyl groups excluding tert-OH is 4. The molecule has 5 atom stereocenters. The zero-order valence-electron chi connectivity index (χ0n) is 15.4. The summed E-state index contributed by atoms with van der Waals surface area (Å²) in [7, 11) is 0. The summed E-state index contributed by atoms with van der Waals surface area (Å²) >= 11 is 6.14. The number of aliphatic hydroxyl groups is 4. The standard InChI is InChI=1S/C19H19ClO8.Na/c20-12-6-5-11(9-1-3-10(4-2-9)18(25)26)7-13(12)27-19-17(24)16(23)15(22)14(8-21)28-19;/h1-7,14-17,19,21-24H,8H2,(H,25,26);/q;+1/p-1/t14-,15-,16+,17+,19-;/m1./s1. The van der Waals surface area contributed by atoms with Crippen molar-refractivity contribution < 1.29 is 69.4 Å². The molecule has 0 amide bonds. The first-order valence-corrected chi connectivity index (χ1v) is 8.78. The van der Waals surface area contributed by atoms with E-state index in [-0.39, 0.29) is 45.9 Å². The molecule has 2 aromatic carbocycles. The summed E-state index contributed by atoms with van der Waals surface area (Å²) in [5.74, 6) is -1.15. The summed E-state index contributed by atoms with van der Waals surface area (Å²) in [5.41, 5.74) is 1.37. The molecule has 0 spiro atoms. The van der Waals surface area contributed by atoms with Gasteiger partial charge in [-0.2, -0.15) is 0 Å². The van der Waals surface area contributed by atoms with Gasteiger partial charge < -0.3 is 39.8 Å². The maximum Gasteiger partial charge on any atom is 1.00 e. The zero-order valence-corrected chi connectivity index (χ0v) is 18.2. The molecule has 4 N–H and O–H groups in total. The van der Waals surface area contributed by atoms with Crippen LogP contribution in [0.3, 0.4) is 0 Å². The zero-order chi connectivity index (χ0) is 20.4. The summed E-state index contributed by atoms with van der Waals surface area (Å²) in [6.45, 7) is -0.580. The smallest absolute Gasteiger partial charge is 0.545 e. The molecule has 0 saturated carbocycles. The molecule has 3 rings (SSSR count). The third kappa shape index (κ3) is 5.29. The van der Waals surface area contributed by atoms with E-state index in [0.717, 1.165) is 0 Å². The first-order chi connectivity index (χ1) is 13.3. The fourth-order valence-electron chi connectivity index (χ4n) is 2.86. The second-order valence-electron chi connectivity index (χ2n) is 6.33. The number of halogens is 1. The van der Waals surface area contributed by atoms with Crippen LogP contribution in [0.25, 0.3) is 11.1 Å². The van der Waals surface area contributed by atoms with E-state index < -0.39 is 43.3 Å². The molecule has 29 heavy (non-hydrogen) atoms. The van der Waals surface area contributed by atoms with Gasteiger partial charge in [0.1, 0.15) is 30.2 Å². The molecule has 1 heterocycles. The Labute approximate surface area is 193 Å². The molecule has 150 valence electrons. The number of aromatic carboxylic acids is 1. The van der Waals surface area contributed by atoms with Crippen molar-refractivity contribution in [3.05, 3.63) is 53.1 Å². The summed E-state index contributed by atoms with van der Waals surface area (Å²) in [6, 6.07) is 10.8. The maximum atomic E-state index is 10.9. The summed E-state index contributed by atoms with van der Waals surface area (Å²) in [5, 5.41) is 50.1. The molecule has 0 unspecified atom stereocenters. The average molecular weight is 433 g/mol. The van der Waals surface area contributed by atoms with Crippen LogP contribution >= 0.6 is 11.6 Å². The maximum absolute atomic E-state index is 10.9. The van der Waals surface area contributed by atoms with Gasteiger partial charge in [-0.15, -0.1) is 0 Å². The van der Waals surface area contributed by atoms with Gasteiger partial charge in [0, 0.05) is 0 Å². The molecule has 1 aliphatic rings. The van der Waals surface area contributed by atoms with Crippen molar-refractivity contribution in [1.82, 2.24) is 0 Å². The van der Waals surface area contributed by atoms with E-state index in [4.69, 9.17) is 21.1 Å². The Kier molecular flexibility index (Phi) is 8.48. The van der Waals surface area contributed by atoms with Crippen molar-refractivity contribution in [3.63, 3.8) is 0 Å². The second-order valence-corrected chi connectivity index (χ2v) is 6.73. The van der Waals surface area contributed by atoms with Gasteiger partial charge in [0.2, 0.25) is 6.29 Å². The fraction of sp³-hybridized carbons (Fsp3) is 0.316. The largest absolute Gasteiger partial charge is 1.00 e. The van der Waals surface area contributed by atoms with Gasteiger partial charge >= 0.3 is 29.6 Å². The van der Waals surface area contributed by atoms with E-state index in [2.05, 4.69) is 0 Å². The van der Waals surface area contributed by atoms with Gasteiger partial charge in [0.25, 0.3) is 0 Å². The van der Waals surface area contributed by atoms with Crippen molar-refractivity contribution in [2.75, 3.05) is 6.61 Å². The number of carbonyl (C=O) groups excluding carboxylic acids is 1. The van der Waals surface area contributed by atoms with E-state index in [1.807, 2.05) is 0 Å². The van der Waals surface area contributed by atoms with Crippen LogP contribution in [-0.4, -0.2) is 63.7 Å². The number of hydrogen-bond donors (Lipinski definition) is 4. The second kappa shape index (κ2) is 10.2. The molecule has 0 aliphatic carbocycles. The number of carboxylic acid groups (broad SMARTS) is 1. The van der Waals surface area contributed by atoms with Crippen LogP contribution in [0.1, 0.15) is 10.4 Å². The monoisotopic (exact) mass is 432 g/mol. The quantitative estimate of drug-likeness (QED) is 0.358. The normalized spacial score (nSPS) is 26.4. The summed E-state index contributed by atoms with van der Waals surface area (Å²) in [4.78, 5) is 10.9. The number of hydrogen-bond acceptors (Lipinski definition) is 8. The number of ether oxygens (including phenoxy) is 2. The first-order valence-electron chi connectivity index (χ1n) is 8.40. The van der Waals surface area contributed by atoms with Crippen LogP contribution in [0.4, 0.5) is 0 Å². The molecule has 0 bridgehead atoms. The minimum atomic E-state index is -1.57. The van der Waals surface area contributed by atoms with Crippen molar-refractivity contribution in [1.29, 1.82) is 0 Å². The molecule has 0 radical (unpaired) electrons. The van der Waals surface area contributed by atoms with Crippen LogP contribution in [0.5, 0.6) is 5.75 Å². The molecule has 1 saturated heterocycles. The van der Waals surface area contributed by atoms with Gasteiger partial charge in [-0.1, -0.05) is 41.9 Å². The predicted octanol–water partition coefficient (Wildman–Crippen LogP) is -3.45. The van der Waals surface area contributed by atoms with Crippen molar-refractivity contribution in [2.24, 2.45) is 0 Å². The molecular formula is C19H18ClNaO8. The van der Waals surface area contributed by atoms with Gasteiger partial charge in [0.05, 0.1) is 17.6 Å². The number of benzene rings is 2. The Balaban J connectivity index is 0.00000300. The summed E-state index contributed by atoms with van der Waals surface area (Å²) in [6.07, 6.45) is -7.12. The van der Waals surface area contributed by atoms with Crippen LogP contribution < -0.4 is 39.4 Å². The van der Waals surface area contributed by atoms with Crippen LogP contribution in [0.2, 0.25) is 5.02 Å². The van der Waals surface area contributed by atoms with Crippen molar-refractivity contribution in [3.8, 4) is 16.9 Å². The molecule has 10 heteroatoms. The Hall–Kier alpha value is -1.20. The van der Waals surface area contributed by atoms with Gasteiger partial charge in [-0.05, 0) is 28.8 Å². The first kappa shape index (κ1) is 24.1. The SMILES string of the molecule is O=C([O-])c1ccc(-c2ccc(Cl)c(O[C@@H]3O[C@H](CO)[C@@H](O)[C@H](O)[C@@H]3O)c2)cc1.[Na+]. The van der Waals surface area contributed by atoms with Crippen molar-refractivity contribution in [2.45, 2.75) is 30.7 Å². The predicted molar refractivity (Wildman–Crippen MR) is 95.6 cm³/mol. The van der Waals surface area contributed by atoms with Crippen LogP contribution in [-0.2, 0) is 4.74 Å². The number of carbonyl (C=O) groups is 1. The van der Waals surface area contributed by atoms with Gasteiger partial charge in [-0.25, -0.2) is 0 Å². The van der Waals surface area contributed by atoms with E-state index in [1.54, 1.807) is 30.3 Å². The number of rotatable bonds is 5. The molecule has 8 nitrogen and oxygen atoms in total. The van der Waals surface area contributed by atoms with Gasteiger partial charge in [-0.3, -0.25) is 0 Å². The third-order valence-corrected chi connectivity index (χ3v) is 4.79. The fourth-order valence-corrected chi connectivity index (χ4v) is 3.02. The van der Waals surface area contributed by atoms with E-state index >= 15 is 0 Å². The molecule has 1 fully saturated rings. The minimum Gasteiger partial charge on any atom is -0.545 e. The van der Waals surface area contributed by atoms with Crippen LogP contribution in [0.15, 0.2) is 42.5 Å². The molecule has 0 aromatic heterocycles. The van der Waals surface area contributed by atoms with E-state index in [9.17, 15) is 30.3 Å².